The van der Waals surface area contributed by atoms with Gasteiger partial charge in [0, 0.05) is 6.08 Å². The molecule has 4 heteroatoms. The van der Waals surface area contributed by atoms with E-state index >= 15 is 0 Å². The van der Waals surface area contributed by atoms with Gasteiger partial charge in [0.1, 0.15) is 0 Å². The van der Waals surface area contributed by atoms with Crippen LogP contribution in [0, 0.1) is 5.92 Å². The first-order chi connectivity index (χ1) is 10.0. The van der Waals surface area contributed by atoms with E-state index in [4.69, 9.17) is 27.9 Å². The number of rotatable bonds is 5. The zero-order valence-electron chi connectivity index (χ0n) is 12.1. The number of esters is 1. The first-order valence-corrected chi connectivity index (χ1v) is 7.75. The van der Waals surface area contributed by atoms with Gasteiger partial charge >= 0.3 is 5.97 Å². The van der Waals surface area contributed by atoms with Crippen LogP contribution in [0.4, 0.5) is 0 Å². The number of halogens is 2. The van der Waals surface area contributed by atoms with Crippen LogP contribution in [0.15, 0.2) is 42.0 Å². The topological polar surface area (TPSA) is 26.3 Å². The molecule has 1 aromatic rings. The van der Waals surface area contributed by atoms with E-state index < -0.39 is 0 Å². The van der Waals surface area contributed by atoms with Gasteiger partial charge in [-0.1, -0.05) is 41.4 Å². The molecule has 2 nitrogen and oxygen atoms in total. The molecule has 0 aliphatic heterocycles. The van der Waals surface area contributed by atoms with Gasteiger partial charge in [-0.05, 0) is 55.4 Å². The Morgan fingerprint density at radius 2 is 2.14 bits per heavy atom. The van der Waals surface area contributed by atoms with Gasteiger partial charge in [-0.2, -0.15) is 0 Å². The Hall–Kier alpha value is -1.25. The molecule has 0 N–H and O–H groups in total. The number of hydrogen-bond acceptors (Lipinski definition) is 2. The predicted octanol–water partition coefficient (Wildman–Crippen LogP) is 5.16. The van der Waals surface area contributed by atoms with Crippen LogP contribution in [-0.4, -0.2) is 12.6 Å². The number of hydrogen-bond donors (Lipinski definition) is 0. The van der Waals surface area contributed by atoms with E-state index in [2.05, 4.69) is 6.08 Å². The summed E-state index contributed by atoms with van der Waals surface area (Å²) in [5.41, 5.74) is 2.11. The standard InChI is InChI=1S/C17H18Cl2O2/c1-3-21-17(20)8-11(2)4-5-12-9-14(12)13-6-7-15(18)16(19)10-13/h4-8,10,12,14H,3,9H2,1-2H3/b5-4+,11-8+. The van der Waals surface area contributed by atoms with Crippen molar-refractivity contribution in [3.05, 3.63) is 57.6 Å². The predicted molar refractivity (Wildman–Crippen MR) is 86.8 cm³/mol. The summed E-state index contributed by atoms with van der Waals surface area (Å²) in [4.78, 5) is 11.3. The summed E-state index contributed by atoms with van der Waals surface area (Å²) in [5, 5.41) is 1.18. The minimum absolute atomic E-state index is 0.295. The molecule has 1 aliphatic carbocycles. The van der Waals surface area contributed by atoms with Crippen molar-refractivity contribution in [2.24, 2.45) is 5.92 Å². The summed E-state index contributed by atoms with van der Waals surface area (Å²) in [5.74, 6) is 0.690. The second-order valence-electron chi connectivity index (χ2n) is 5.18. The maximum absolute atomic E-state index is 11.3. The minimum Gasteiger partial charge on any atom is -0.463 e. The summed E-state index contributed by atoms with van der Waals surface area (Å²) in [7, 11) is 0. The van der Waals surface area contributed by atoms with Crippen molar-refractivity contribution in [3.63, 3.8) is 0 Å². The van der Waals surface area contributed by atoms with Crippen molar-refractivity contribution in [3.8, 4) is 0 Å². The zero-order valence-corrected chi connectivity index (χ0v) is 13.6. The van der Waals surface area contributed by atoms with Gasteiger partial charge in [0.25, 0.3) is 0 Å². The van der Waals surface area contributed by atoms with Gasteiger partial charge in [-0.3, -0.25) is 0 Å². The Morgan fingerprint density at radius 3 is 2.81 bits per heavy atom. The summed E-state index contributed by atoms with van der Waals surface area (Å²) < 4.78 is 4.87. The van der Waals surface area contributed by atoms with Crippen LogP contribution >= 0.6 is 23.2 Å². The number of allylic oxidation sites excluding steroid dienone is 3. The molecule has 0 radical (unpaired) electrons. The summed E-state index contributed by atoms with van der Waals surface area (Å²) in [6.07, 6.45) is 6.72. The summed E-state index contributed by atoms with van der Waals surface area (Å²) >= 11 is 12.0. The monoisotopic (exact) mass is 324 g/mol. The molecule has 2 rings (SSSR count). The Labute approximate surface area is 135 Å². The largest absolute Gasteiger partial charge is 0.463 e. The fraction of sp³-hybridized carbons (Fsp3) is 0.353. The molecule has 2 atom stereocenters. The van der Waals surface area contributed by atoms with Gasteiger partial charge in [0.05, 0.1) is 16.7 Å². The summed E-state index contributed by atoms with van der Waals surface area (Å²) in [6.45, 7) is 4.08. The van der Waals surface area contributed by atoms with E-state index in [9.17, 15) is 4.79 Å². The SMILES string of the molecule is CCOC(=O)/C=C(C)/C=C/C1CC1c1ccc(Cl)c(Cl)c1. The van der Waals surface area contributed by atoms with Crippen molar-refractivity contribution in [1.29, 1.82) is 0 Å². The van der Waals surface area contributed by atoms with E-state index in [0.717, 1.165) is 12.0 Å². The maximum Gasteiger partial charge on any atom is 0.330 e. The van der Waals surface area contributed by atoms with Crippen LogP contribution in [0.5, 0.6) is 0 Å². The van der Waals surface area contributed by atoms with Crippen LogP contribution in [0.2, 0.25) is 10.0 Å². The lowest BCUT2D eigenvalue weighted by Crippen LogP contribution is -1.99. The van der Waals surface area contributed by atoms with Crippen molar-refractivity contribution in [2.45, 2.75) is 26.2 Å². The smallest absolute Gasteiger partial charge is 0.330 e. The average Bonchev–Trinajstić information content (AvgIpc) is 3.19. The van der Waals surface area contributed by atoms with Gasteiger partial charge in [0.2, 0.25) is 0 Å². The molecule has 2 unspecified atom stereocenters. The molecule has 0 amide bonds. The highest BCUT2D eigenvalue weighted by Gasteiger charge is 2.36. The molecule has 0 spiro atoms. The molecule has 112 valence electrons. The van der Waals surface area contributed by atoms with Crippen molar-refractivity contribution < 1.29 is 9.53 Å². The second kappa shape index (κ2) is 7.15. The lowest BCUT2D eigenvalue weighted by molar-refractivity contribution is -0.137. The van der Waals surface area contributed by atoms with E-state index in [1.165, 1.54) is 11.6 Å². The highest BCUT2D eigenvalue weighted by molar-refractivity contribution is 6.42. The van der Waals surface area contributed by atoms with Gasteiger partial charge in [-0.15, -0.1) is 0 Å². The van der Waals surface area contributed by atoms with Crippen LogP contribution in [0.3, 0.4) is 0 Å². The Morgan fingerprint density at radius 1 is 1.38 bits per heavy atom. The fourth-order valence-corrected chi connectivity index (χ4v) is 2.55. The molecule has 0 heterocycles. The zero-order chi connectivity index (χ0) is 15.4. The van der Waals surface area contributed by atoms with Crippen LogP contribution in [0.1, 0.15) is 31.7 Å². The number of benzene rings is 1. The van der Waals surface area contributed by atoms with Crippen LogP contribution in [-0.2, 0) is 9.53 Å². The molecule has 21 heavy (non-hydrogen) atoms. The van der Waals surface area contributed by atoms with Gasteiger partial charge in [0.15, 0.2) is 0 Å². The van der Waals surface area contributed by atoms with Crippen LogP contribution < -0.4 is 0 Å². The van der Waals surface area contributed by atoms with E-state index in [1.54, 1.807) is 6.92 Å². The highest BCUT2D eigenvalue weighted by atomic mass is 35.5. The summed E-state index contributed by atoms with van der Waals surface area (Å²) in [6, 6.07) is 5.79. The van der Waals surface area contributed by atoms with Crippen LogP contribution in [0.25, 0.3) is 0 Å². The second-order valence-corrected chi connectivity index (χ2v) is 5.99. The van der Waals surface area contributed by atoms with Crippen molar-refractivity contribution >= 4 is 29.2 Å². The van der Waals surface area contributed by atoms with Gasteiger partial charge < -0.3 is 4.74 Å². The fourth-order valence-electron chi connectivity index (χ4n) is 2.25. The Kier molecular flexibility index (Phi) is 5.49. The first kappa shape index (κ1) is 16.1. The van der Waals surface area contributed by atoms with E-state index in [1.807, 2.05) is 31.2 Å². The number of carbonyl (C=O) groups is 1. The molecule has 1 fully saturated rings. The molecular weight excluding hydrogens is 307 g/mol. The lowest BCUT2D eigenvalue weighted by Gasteiger charge is -2.01. The quantitative estimate of drug-likeness (QED) is 0.424. The third kappa shape index (κ3) is 4.62. The Balaban J connectivity index is 1.93. The average molecular weight is 325 g/mol. The molecule has 1 aromatic carbocycles. The normalized spacial score (nSPS) is 21.6. The number of carbonyl (C=O) groups excluding carboxylic acids is 1. The maximum atomic E-state index is 11.3. The molecular formula is C17H18Cl2O2. The molecule has 0 bridgehead atoms. The van der Waals surface area contributed by atoms with Crippen molar-refractivity contribution in [2.75, 3.05) is 6.61 Å². The van der Waals surface area contributed by atoms with E-state index in [-0.39, 0.29) is 5.97 Å². The van der Waals surface area contributed by atoms with Crippen molar-refractivity contribution in [1.82, 2.24) is 0 Å². The van der Waals surface area contributed by atoms with E-state index in [0.29, 0.717) is 28.5 Å². The molecule has 1 saturated carbocycles. The first-order valence-electron chi connectivity index (χ1n) is 6.99. The number of ether oxygens (including phenoxy) is 1. The molecule has 0 saturated heterocycles. The Bertz CT molecular complexity index is 590. The lowest BCUT2D eigenvalue weighted by atomic mass is 10.1. The highest BCUT2D eigenvalue weighted by Crippen LogP contribution is 2.49. The molecule has 1 aliphatic rings. The minimum atomic E-state index is -0.295. The molecule has 0 aromatic heterocycles. The van der Waals surface area contributed by atoms with Gasteiger partial charge in [-0.25, -0.2) is 4.79 Å². The third-order valence-corrected chi connectivity index (χ3v) is 4.19. The third-order valence-electron chi connectivity index (χ3n) is 3.45.